The van der Waals surface area contributed by atoms with E-state index in [2.05, 4.69) is 38.1 Å². The molecule has 1 unspecified atom stereocenters. The van der Waals surface area contributed by atoms with E-state index in [9.17, 15) is 0 Å². The van der Waals surface area contributed by atoms with Crippen molar-refractivity contribution in [3.8, 4) is 0 Å². The number of nitrogens with one attached hydrogen (secondary N) is 1. The van der Waals surface area contributed by atoms with Crippen LogP contribution in [-0.4, -0.2) is 30.0 Å². The van der Waals surface area contributed by atoms with Crippen LogP contribution in [0.1, 0.15) is 43.3 Å². The largest absolute Gasteiger partial charge is 0.383 e. The van der Waals surface area contributed by atoms with Crippen LogP contribution in [0.5, 0.6) is 0 Å². The van der Waals surface area contributed by atoms with Gasteiger partial charge in [0.25, 0.3) is 0 Å². The minimum Gasteiger partial charge on any atom is -0.383 e. The molecule has 0 saturated heterocycles. The summed E-state index contributed by atoms with van der Waals surface area (Å²) in [6, 6.07) is 0.413. The van der Waals surface area contributed by atoms with Crippen molar-refractivity contribution in [1.82, 2.24) is 15.1 Å². The monoisotopic (exact) mass is 239 g/mol. The molecule has 0 aliphatic rings. The fraction of sp³-hybridized carbons (Fsp3) is 0.769. The van der Waals surface area contributed by atoms with Gasteiger partial charge in [-0.25, -0.2) is 0 Å². The van der Waals surface area contributed by atoms with E-state index in [4.69, 9.17) is 4.74 Å². The van der Waals surface area contributed by atoms with Crippen LogP contribution in [0.25, 0.3) is 0 Å². The summed E-state index contributed by atoms with van der Waals surface area (Å²) in [7, 11) is 1.72. The second-order valence-corrected chi connectivity index (χ2v) is 4.32. The number of hydrogen-bond donors (Lipinski definition) is 1. The van der Waals surface area contributed by atoms with Gasteiger partial charge < -0.3 is 10.1 Å². The van der Waals surface area contributed by atoms with E-state index in [0.717, 1.165) is 25.2 Å². The van der Waals surface area contributed by atoms with Crippen LogP contribution in [0.4, 0.5) is 0 Å². The maximum atomic E-state index is 5.11. The highest BCUT2D eigenvalue weighted by molar-refractivity contribution is 5.28. The number of aryl methyl sites for hydroxylation is 1. The summed E-state index contributed by atoms with van der Waals surface area (Å²) in [4.78, 5) is 0. The quantitative estimate of drug-likeness (QED) is 0.793. The zero-order chi connectivity index (χ0) is 12.8. The van der Waals surface area contributed by atoms with E-state index in [0.29, 0.717) is 12.6 Å². The lowest BCUT2D eigenvalue weighted by atomic mass is 10.0. The molecule has 4 heteroatoms. The van der Waals surface area contributed by atoms with Crippen LogP contribution >= 0.6 is 0 Å². The van der Waals surface area contributed by atoms with E-state index < -0.39 is 0 Å². The first-order chi connectivity index (χ1) is 8.15. The van der Waals surface area contributed by atoms with Crippen LogP contribution < -0.4 is 5.32 Å². The van der Waals surface area contributed by atoms with Gasteiger partial charge in [-0.1, -0.05) is 13.8 Å². The van der Waals surface area contributed by atoms with Gasteiger partial charge >= 0.3 is 0 Å². The van der Waals surface area contributed by atoms with Gasteiger partial charge in [-0.15, -0.1) is 0 Å². The molecule has 1 N–H and O–H groups in total. The standard InChI is InChI=1S/C13H25N3O/c1-6-12(14-7-2)13-10(3)15-16(11(13)4)8-9-17-5/h12,14H,6-9H2,1-5H3. The highest BCUT2D eigenvalue weighted by Gasteiger charge is 2.18. The molecule has 4 nitrogen and oxygen atoms in total. The Balaban J connectivity index is 2.94. The topological polar surface area (TPSA) is 39.1 Å². The lowest BCUT2D eigenvalue weighted by molar-refractivity contribution is 0.182. The van der Waals surface area contributed by atoms with E-state index >= 15 is 0 Å². The van der Waals surface area contributed by atoms with Gasteiger partial charge in [0.1, 0.15) is 0 Å². The van der Waals surface area contributed by atoms with Crippen LogP contribution in [-0.2, 0) is 11.3 Å². The first-order valence-corrected chi connectivity index (χ1v) is 6.41. The summed E-state index contributed by atoms with van der Waals surface area (Å²) in [5.41, 5.74) is 3.74. The molecule has 0 spiro atoms. The van der Waals surface area contributed by atoms with Crippen molar-refractivity contribution in [2.75, 3.05) is 20.3 Å². The summed E-state index contributed by atoms with van der Waals surface area (Å²) in [6.45, 7) is 11.1. The van der Waals surface area contributed by atoms with Gasteiger partial charge in [0.15, 0.2) is 0 Å². The maximum absolute atomic E-state index is 5.11. The number of aromatic nitrogens is 2. The highest BCUT2D eigenvalue weighted by Crippen LogP contribution is 2.23. The summed E-state index contributed by atoms with van der Waals surface area (Å²) in [5, 5.41) is 8.11. The molecular formula is C13H25N3O. The van der Waals surface area contributed by atoms with Gasteiger partial charge in [-0.2, -0.15) is 5.10 Å². The van der Waals surface area contributed by atoms with Gasteiger partial charge in [0.05, 0.1) is 18.8 Å². The smallest absolute Gasteiger partial charge is 0.0658 e. The van der Waals surface area contributed by atoms with Crippen molar-refractivity contribution >= 4 is 0 Å². The molecule has 0 aromatic carbocycles. The van der Waals surface area contributed by atoms with Gasteiger partial charge in [-0.05, 0) is 26.8 Å². The number of rotatable bonds is 7. The van der Waals surface area contributed by atoms with E-state index in [1.165, 1.54) is 11.3 Å². The Morgan fingerprint density at radius 1 is 1.35 bits per heavy atom. The van der Waals surface area contributed by atoms with Crippen LogP contribution in [0.3, 0.4) is 0 Å². The Morgan fingerprint density at radius 3 is 2.59 bits per heavy atom. The van der Waals surface area contributed by atoms with Crippen molar-refractivity contribution < 1.29 is 4.74 Å². The molecule has 98 valence electrons. The van der Waals surface area contributed by atoms with Crippen LogP contribution in [0, 0.1) is 13.8 Å². The number of nitrogens with zero attached hydrogens (tertiary/aromatic N) is 2. The number of hydrogen-bond acceptors (Lipinski definition) is 3. The second-order valence-electron chi connectivity index (χ2n) is 4.32. The van der Waals surface area contributed by atoms with Crippen molar-refractivity contribution in [1.29, 1.82) is 0 Å². The van der Waals surface area contributed by atoms with E-state index in [1.807, 2.05) is 4.68 Å². The first kappa shape index (κ1) is 14.2. The zero-order valence-electron chi connectivity index (χ0n) is 11.7. The molecule has 17 heavy (non-hydrogen) atoms. The molecule has 1 atom stereocenters. The summed E-state index contributed by atoms with van der Waals surface area (Å²) in [6.07, 6.45) is 1.09. The predicted octanol–water partition coefficient (Wildman–Crippen LogP) is 2.21. The molecule has 1 aromatic rings. The SMILES string of the molecule is CCNC(CC)c1c(C)nn(CCOC)c1C. The third-order valence-corrected chi connectivity index (χ3v) is 3.15. The maximum Gasteiger partial charge on any atom is 0.0658 e. The average Bonchev–Trinajstić information content (AvgIpc) is 2.59. The summed E-state index contributed by atoms with van der Waals surface area (Å²) in [5.74, 6) is 0. The van der Waals surface area contributed by atoms with E-state index in [1.54, 1.807) is 7.11 Å². The molecule has 0 fully saturated rings. The molecule has 0 radical (unpaired) electrons. The van der Waals surface area contributed by atoms with E-state index in [-0.39, 0.29) is 0 Å². The minimum absolute atomic E-state index is 0.413. The number of ether oxygens (including phenoxy) is 1. The highest BCUT2D eigenvalue weighted by atomic mass is 16.5. The summed E-state index contributed by atoms with van der Waals surface area (Å²) < 4.78 is 7.16. The van der Waals surface area contributed by atoms with Crippen molar-refractivity contribution in [3.63, 3.8) is 0 Å². The summed E-state index contributed by atoms with van der Waals surface area (Å²) >= 11 is 0. The zero-order valence-corrected chi connectivity index (χ0v) is 11.7. The average molecular weight is 239 g/mol. The van der Waals surface area contributed by atoms with Gasteiger partial charge in [0.2, 0.25) is 0 Å². The van der Waals surface area contributed by atoms with Crippen molar-refractivity contribution in [3.05, 3.63) is 17.0 Å². The number of methoxy groups -OCH3 is 1. The lowest BCUT2D eigenvalue weighted by Crippen LogP contribution is -2.21. The van der Waals surface area contributed by atoms with Crippen molar-refractivity contribution in [2.24, 2.45) is 0 Å². The molecule has 1 rings (SSSR count). The predicted molar refractivity (Wildman–Crippen MR) is 70.3 cm³/mol. The lowest BCUT2D eigenvalue weighted by Gasteiger charge is -2.16. The molecular weight excluding hydrogens is 214 g/mol. The van der Waals surface area contributed by atoms with Gasteiger partial charge in [0, 0.05) is 24.4 Å². The van der Waals surface area contributed by atoms with Gasteiger partial charge in [-0.3, -0.25) is 4.68 Å². The molecule has 0 aliphatic heterocycles. The second kappa shape index (κ2) is 6.77. The van der Waals surface area contributed by atoms with Crippen LogP contribution in [0.15, 0.2) is 0 Å². The molecule has 0 saturated carbocycles. The third kappa shape index (κ3) is 3.30. The fourth-order valence-electron chi connectivity index (χ4n) is 2.31. The normalized spacial score (nSPS) is 13.0. The fourth-order valence-corrected chi connectivity index (χ4v) is 2.31. The Kier molecular flexibility index (Phi) is 5.65. The van der Waals surface area contributed by atoms with Crippen LogP contribution in [0.2, 0.25) is 0 Å². The van der Waals surface area contributed by atoms with Crippen molar-refractivity contribution in [2.45, 2.75) is 46.7 Å². The molecule has 0 bridgehead atoms. The molecule has 1 aromatic heterocycles. The Hall–Kier alpha value is -0.870. The molecule has 0 aliphatic carbocycles. The Labute approximate surface area is 104 Å². The molecule has 0 amide bonds. The minimum atomic E-state index is 0.413. The Morgan fingerprint density at radius 2 is 2.06 bits per heavy atom. The molecule has 1 heterocycles. The first-order valence-electron chi connectivity index (χ1n) is 6.41. The Bertz CT molecular complexity index is 347. The third-order valence-electron chi connectivity index (χ3n) is 3.15.